The molecule has 2 amide bonds. The summed E-state index contributed by atoms with van der Waals surface area (Å²) < 4.78 is 7.56. The van der Waals surface area contributed by atoms with Crippen LogP contribution >= 0.6 is 0 Å². The third-order valence-corrected chi connectivity index (χ3v) is 5.86. The number of carbonyl (C=O) groups excluding carboxylic acids is 2. The summed E-state index contributed by atoms with van der Waals surface area (Å²) in [5, 5.41) is 7.47. The Balaban J connectivity index is 1.78. The molecule has 1 saturated carbocycles. The van der Waals surface area contributed by atoms with Gasteiger partial charge in [0.05, 0.1) is 12.7 Å². The first-order chi connectivity index (χ1) is 17.1. The lowest BCUT2D eigenvalue weighted by atomic mass is 10.1. The standard InChI is InChI=1S/C28H35N5O3/c1-7-9-24(34)30-21-11-8-10-19(14-21)17-32(27(35)36-28(4,5)6)25-15-23(20-12-13-20)31-26-22(18(2)3)16-29-33(25)26/h7-11,14-16,18,20H,12-13,17H2,1-6H3,(H,30,34)/b9-7+. The lowest BCUT2D eigenvalue weighted by molar-refractivity contribution is -0.111. The quantitative estimate of drug-likeness (QED) is 0.400. The second-order valence-corrected chi connectivity index (χ2v) is 10.6. The van der Waals surface area contributed by atoms with Gasteiger partial charge in [0.1, 0.15) is 11.4 Å². The third kappa shape index (κ3) is 5.93. The molecule has 0 unspecified atom stereocenters. The maximum absolute atomic E-state index is 13.6. The Morgan fingerprint density at radius 1 is 1.25 bits per heavy atom. The van der Waals surface area contributed by atoms with Gasteiger partial charge in [-0.25, -0.2) is 9.78 Å². The number of benzene rings is 1. The van der Waals surface area contributed by atoms with Crippen LogP contribution in [0.1, 0.15) is 83.0 Å². The largest absolute Gasteiger partial charge is 0.443 e. The molecule has 190 valence electrons. The number of rotatable bonds is 7. The molecule has 36 heavy (non-hydrogen) atoms. The number of aromatic nitrogens is 3. The van der Waals surface area contributed by atoms with Crippen LogP contribution in [-0.4, -0.2) is 32.2 Å². The summed E-state index contributed by atoms with van der Waals surface area (Å²) >= 11 is 0. The van der Waals surface area contributed by atoms with E-state index in [1.807, 2.05) is 57.3 Å². The first kappa shape index (κ1) is 25.4. The number of fused-ring (bicyclic) bond motifs is 1. The molecule has 8 nitrogen and oxygen atoms in total. The van der Waals surface area contributed by atoms with Crippen molar-refractivity contribution in [3.63, 3.8) is 0 Å². The van der Waals surface area contributed by atoms with E-state index in [4.69, 9.17) is 9.72 Å². The van der Waals surface area contributed by atoms with Crippen molar-refractivity contribution in [3.8, 4) is 0 Å². The number of anilines is 2. The summed E-state index contributed by atoms with van der Waals surface area (Å²) in [6, 6.07) is 9.42. The Kier molecular flexibility index (Phi) is 7.15. The molecular weight excluding hydrogens is 454 g/mol. The zero-order chi connectivity index (χ0) is 26.0. The molecule has 0 aliphatic heterocycles. The van der Waals surface area contributed by atoms with Crippen LogP contribution in [0.2, 0.25) is 0 Å². The predicted octanol–water partition coefficient (Wildman–Crippen LogP) is 6.19. The number of ether oxygens (including phenoxy) is 1. The average molecular weight is 490 g/mol. The second kappa shape index (κ2) is 10.1. The molecule has 1 aliphatic rings. The molecule has 2 heterocycles. The number of hydrogen-bond acceptors (Lipinski definition) is 5. The van der Waals surface area contributed by atoms with Gasteiger partial charge in [0.2, 0.25) is 5.91 Å². The van der Waals surface area contributed by atoms with Crippen molar-refractivity contribution >= 4 is 29.2 Å². The van der Waals surface area contributed by atoms with Crippen molar-refractivity contribution in [1.82, 2.24) is 14.6 Å². The van der Waals surface area contributed by atoms with Crippen LogP contribution < -0.4 is 10.2 Å². The topological polar surface area (TPSA) is 88.8 Å². The van der Waals surface area contributed by atoms with Gasteiger partial charge in [0, 0.05) is 28.9 Å². The zero-order valence-corrected chi connectivity index (χ0v) is 21.9. The van der Waals surface area contributed by atoms with Crippen LogP contribution in [0.3, 0.4) is 0 Å². The Hall–Kier alpha value is -3.68. The van der Waals surface area contributed by atoms with Gasteiger partial charge >= 0.3 is 6.09 Å². The lowest BCUT2D eigenvalue weighted by Crippen LogP contribution is -2.37. The van der Waals surface area contributed by atoms with Crippen LogP contribution in [0.5, 0.6) is 0 Å². The molecule has 0 bridgehead atoms. The first-order valence-corrected chi connectivity index (χ1v) is 12.5. The first-order valence-electron chi connectivity index (χ1n) is 12.5. The fourth-order valence-corrected chi connectivity index (χ4v) is 3.99. The van der Waals surface area contributed by atoms with Gasteiger partial charge in [-0.1, -0.05) is 32.1 Å². The smallest absolute Gasteiger partial charge is 0.416 e. The van der Waals surface area contributed by atoms with E-state index in [9.17, 15) is 9.59 Å². The number of nitrogens with zero attached hydrogens (tertiary/aromatic N) is 4. The van der Waals surface area contributed by atoms with Crippen molar-refractivity contribution in [1.29, 1.82) is 0 Å². The van der Waals surface area contributed by atoms with Gasteiger partial charge in [0.25, 0.3) is 0 Å². The minimum Gasteiger partial charge on any atom is -0.443 e. The second-order valence-electron chi connectivity index (χ2n) is 10.6. The van der Waals surface area contributed by atoms with Crippen LogP contribution in [0.15, 0.2) is 48.7 Å². The van der Waals surface area contributed by atoms with Crippen molar-refractivity contribution in [2.24, 2.45) is 0 Å². The van der Waals surface area contributed by atoms with Gasteiger partial charge in [-0.3, -0.25) is 9.69 Å². The maximum atomic E-state index is 13.6. The molecule has 4 rings (SSSR count). The minimum absolute atomic E-state index is 0.207. The average Bonchev–Trinajstić information content (AvgIpc) is 3.54. The van der Waals surface area contributed by atoms with E-state index < -0.39 is 11.7 Å². The number of nitrogens with one attached hydrogen (secondary N) is 1. The van der Waals surface area contributed by atoms with E-state index in [1.165, 1.54) is 6.08 Å². The summed E-state index contributed by atoms with van der Waals surface area (Å²) in [5.74, 6) is 1.05. The Bertz CT molecular complexity index is 1300. The highest BCUT2D eigenvalue weighted by Crippen LogP contribution is 2.41. The Labute approximate surface area is 212 Å². The van der Waals surface area contributed by atoms with Crippen molar-refractivity contribution in [3.05, 3.63) is 65.5 Å². The number of carbonyl (C=O) groups is 2. The lowest BCUT2D eigenvalue weighted by Gasteiger charge is -2.28. The van der Waals surface area contributed by atoms with Crippen molar-refractivity contribution in [2.45, 2.75) is 78.4 Å². The van der Waals surface area contributed by atoms with Crippen molar-refractivity contribution < 1.29 is 14.3 Å². The summed E-state index contributed by atoms with van der Waals surface area (Å²) in [4.78, 5) is 32.1. The highest BCUT2D eigenvalue weighted by atomic mass is 16.6. The monoisotopic (exact) mass is 489 g/mol. The molecule has 0 atom stereocenters. The molecule has 0 spiro atoms. The molecule has 1 N–H and O–H groups in total. The summed E-state index contributed by atoms with van der Waals surface area (Å²) in [7, 11) is 0. The molecular formula is C28H35N5O3. The molecule has 1 aliphatic carbocycles. The van der Waals surface area contributed by atoms with Crippen LogP contribution in [0.4, 0.5) is 16.3 Å². The van der Waals surface area contributed by atoms with Gasteiger partial charge < -0.3 is 10.1 Å². The van der Waals surface area contributed by atoms with Crippen molar-refractivity contribution in [2.75, 3.05) is 10.2 Å². The van der Waals surface area contributed by atoms with E-state index in [0.29, 0.717) is 17.4 Å². The normalized spacial score (nSPS) is 14.0. The molecule has 0 saturated heterocycles. The van der Waals surface area contributed by atoms with Crippen LogP contribution in [0.25, 0.3) is 5.65 Å². The van der Waals surface area contributed by atoms with E-state index in [-0.39, 0.29) is 18.4 Å². The van der Waals surface area contributed by atoms with E-state index in [1.54, 1.807) is 22.4 Å². The van der Waals surface area contributed by atoms with Gasteiger partial charge in [-0.15, -0.1) is 0 Å². The Morgan fingerprint density at radius 2 is 2.00 bits per heavy atom. The van der Waals surface area contributed by atoms with E-state index in [2.05, 4.69) is 24.3 Å². The molecule has 1 aromatic carbocycles. The number of amides is 2. The predicted molar refractivity (Wildman–Crippen MR) is 141 cm³/mol. The van der Waals surface area contributed by atoms with E-state index in [0.717, 1.165) is 35.3 Å². The minimum atomic E-state index is -0.670. The Morgan fingerprint density at radius 3 is 2.64 bits per heavy atom. The maximum Gasteiger partial charge on any atom is 0.416 e. The fourth-order valence-electron chi connectivity index (χ4n) is 3.99. The molecule has 2 aromatic heterocycles. The summed E-state index contributed by atoms with van der Waals surface area (Å²) in [5.41, 5.74) is 3.60. The third-order valence-electron chi connectivity index (χ3n) is 5.86. The van der Waals surface area contributed by atoms with E-state index >= 15 is 0 Å². The highest BCUT2D eigenvalue weighted by Gasteiger charge is 2.31. The van der Waals surface area contributed by atoms with Gasteiger partial charge in [0.15, 0.2) is 5.65 Å². The van der Waals surface area contributed by atoms with Gasteiger partial charge in [-0.05, 0) is 70.2 Å². The number of allylic oxidation sites excluding steroid dienone is 1. The van der Waals surface area contributed by atoms with Gasteiger partial charge in [-0.2, -0.15) is 9.61 Å². The molecule has 0 radical (unpaired) electrons. The molecule has 8 heteroatoms. The SMILES string of the molecule is C/C=C/C(=O)Nc1cccc(CN(C(=O)OC(C)(C)C)c2cc(C3CC3)nc3c(C(C)C)cnn23)c1. The molecule has 1 fully saturated rings. The molecule has 3 aromatic rings. The van der Waals surface area contributed by atoms with Crippen LogP contribution in [-0.2, 0) is 16.1 Å². The fraction of sp³-hybridized carbons (Fsp3) is 0.429. The summed E-state index contributed by atoms with van der Waals surface area (Å²) in [6.45, 7) is 11.8. The number of hydrogen-bond donors (Lipinski definition) is 1. The summed E-state index contributed by atoms with van der Waals surface area (Å²) in [6.07, 6.45) is 6.70. The van der Waals surface area contributed by atoms with Crippen LogP contribution in [0, 0.1) is 0 Å². The highest BCUT2D eigenvalue weighted by molar-refractivity contribution is 5.99. The zero-order valence-electron chi connectivity index (χ0n) is 21.9.